The second-order valence-corrected chi connectivity index (χ2v) is 7.86. The Balaban J connectivity index is 1.68. The molecule has 2 fully saturated rings. The SMILES string of the molecule is COc1ccc(C2(CNC(=O)[C@H]3CCN[C@@H](C)C3)CCCCC2)cc1. The molecule has 0 aromatic heterocycles. The molecule has 1 saturated carbocycles. The molecule has 1 heterocycles. The van der Waals surface area contributed by atoms with Crippen LogP contribution < -0.4 is 15.4 Å². The maximum absolute atomic E-state index is 12.7. The van der Waals surface area contributed by atoms with Crippen LogP contribution in [0.1, 0.15) is 57.4 Å². The average Bonchev–Trinajstić information content (AvgIpc) is 2.67. The highest BCUT2D eigenvalue weighted by Gasteiger charge is 2.35. The molecule has 2 atom stereocenters. The van der Waals surface area contributed by atoms with Gasteiger partial charge in [-0.1, -0.05) is 31.4 Å². The van der Waals surface area contributed by atoms with Crippen molar-refractivity contribution in [2.24, 2.45) is 5.92 Å². The summed E-state index contributed by atoms with van der Waals surface area (Å²) in [7, 11) is 1.70. The predicted octanol–water partition coefficient (Wildman–Crippen LogP) is 3.40. The van der Waals surface area contributed by atoms with Gasteiger partial charge in [0, 0.05) is 23.9 Å². The van der Waals surface area contributed by atoms with Crippen molar-refractivity contribution in [1.82, 2.24) is 10.6 Å². The molecule has 1 aliphatic heterocycles. The van der Waals surface area contributed by atoms with Gasteiger partial charge in [-0.15, -0.1) is 0 Å². The van der Waals surface area contributed by atoms with E-state index in [1.807, 2.05) is 12.1 Å². The first-order chi connectivity index (χ1) is 12.1. The van der Waals surface area contributed by atoms with Crippen molar-refractivity contribution in [3.63, 3.8) is 0 Å². The number of benzene rings is 1. The van der Waals surface area contributed by atoms with Crippen molar-refractivity contribution in [3.05, 3.63) is 29.8 Å². The van der Waals surface area contributed by atoms with E-state index in [2.05, 4.69) is 29.7 Å². The summed E-state index contributed by atoms with van der Waals surface area (Å²) in [5.74, 6) is 1.29. The highest BCUT2D eigenvalue weighted by molar-refractivity contribution is 5.79. The van der Waals surface area contributed by atoms with Crippen molar-refractivity contribution in [2.75, 3.05) is 20.2 Å². The van der Waals surface area contributed by atoms with Gasteiger partial charge in [-0.25, -0.2) is 0 Å². The number of hydrogen-bond donors (Lipinski definition) is 2. The predicted molar refractivity (Wildman–Crippen MR) is 101 cm³/mol. The monoisotopic (exact) mass is 344 g/mol. The van der Waals surface area contributed by atoms with Crippen LogP contribution in [-0.2, 0) is 10.2 Å². The molecule has 1 saturated heterocycles. The first-order valence-electron chi connectivity index (χ1n) is 9.79. The highest BCUT2D eigenvalue weighted by Crippen LogP contribution is 2.39. The topological polar surface area (TPSA) is 50.4 Å². The van der Waals surface area contributed by atoms with Crippen LogP contribution in [0.15, 0.2) is 24.3 Å². The number of amides is 1. The Morgan fingerprint density at radius 2 is 1.96 bits per heavy atom. The van der Waals surface area contributed by atoms with Crippen LogP contribution in [0.2, 0.25) is 0 Å². The fourth-order valence-corrected chi connectivity index (χ4v) is 4.51. The average molecular weight is 344 g/mol. The maximum Gasteiger partial charge on any atom is 0.223 e. The fraction of sp³-hybridized carbons (Fsp3) is 0.667. The normalized spacial score (nSPS) is 26.0. The van der Waals surface area contributed by atoms with E-state index >= 15 is 0 Å². The van der Waals surface area contributed by atoms with Crippen LogP contribution in [0.5, 0.6) is 5.75 Å². The summed E-state index contributed by atoms with van der Waals surface area (Å²) >= 11 is 0. The number of carbonyl (C=O) groups excluding carboxylic acids is 1. The summed E-state index contributed by atoms with van der Waals surface area (Å²) in [6.45, 7) is 3.87. The van der Waals surface area contributed by atoms with Crippen molar-refractivity contribution in [2.45, 2.75) is 63.3 Å². The molecule has 3 rings (SSSR count). The zero-order valence-electron chi connectivity index (χ0n) is 15.6. The number of carbonyl (C=O) groups is 1. The quantitative estimate of drug-likeness (QED) is 0.861. The molecule has 1 aliphatic carbocycles. The Bertz CT molecular complexity index is 564. The molecule has 1 aromatic rings. The standard InChI is InChI=1S/C21H32N2O2/c1-16-14-17(10-13-22-16)20(24)23-15-21(11-4-3-5-12-21)18-6-8-19(25-2)9-7-18/h6-9,16-17,22H,3-5,10-15H2,1-2H3,(H,23,24)/t16-,17-/m0/s1. The molecule has 25 heavy (non-hydrogen) atoms. The maximum atomic E-state index is 12.7. The van der Waals surface area contributed by atoms with Crippen molar-refractivity contribution < 1.29 is 9.53 Å². The van der Waals surface area contributed by atoms with Crippen LogP contribution in [-0.4, -0.2) is 32.1 Å². The first-order valence-corrected chi connectivity index (χ1v) is 9.79. The Hall–Kier alpha value is -1.55. The third-order valence-corrected chi connectivity index (χ3v) is 6.11. The lowest BCUT2D eigenvalue weighted by molar-refractivity contribution is -0.126. The van der Waals surface area contributed by atoms with E-state index in [1.165, 1.54) is 24.8 Å². The largest absolute Gasteiger partial charge is 0.497 e. The molecule has 1 aromatic carbocycles. The van der Waals surface area contributed by atoms with Gasteiger partial charge < -0.3 is 15.4 Å². The number of nitrogens with one attached hydrogen (secondary N) is 2. The third kappa shape index (κ3) is 4.35. The molecule has 2 N–H and O–H groups in total. The zero-order chi connectivity index (χ0) is 17.7. The van der Waals surface area contributed by atoms with Gasteiger partial charge in [0.25, 0.3) is 0 Å². The molecule has 138 valence electrons. The second kappa shape index (κ2) is 8.22. The van der Waals surface area contributed by atoms with Crippen LogP contribution in [0.4, 0.5) is 0 Å². The van der Waals surface area contributed by atoms with Gasteiger partial charge in [0.2, 0.25) is 5.91 Å². The lowest BCUT2D eigenvalue weighted by Crippen LogP contribution is -2.47. The Kier molecular flexibility index (Phi) is 6.00. The lowest BCUT2D eigenvalue weighted by Gasteiger charge is -2.39. The highest BCUT2D eigenvalue weighted by atomic mass is 16.5. The van der Waals surface area contributed by atoms with Crippen molar-refractivity contribution in [1.29, 1.82) is 0 Å². The molecule has 0 spiro atoms. The third-order valence-electron chi connectivity index (χ3n) is 6.11. The smallest absolute Gasteiger partial charge is 0.223 e. The second-order valence-electron chi connectivity index (χ2n) is 7.86. The summed E-state index contributed by atoms with van der Waals surface area (Å²) in [6, 6.07) is 8.89. The van der Waals surface area contributed by atoms with Gasteiger partial charge in [-0.3, -0.25) is 4.79 Å². The van der Waals surface area contributed by atoms with Gasteiger partial charge in [0.05, 0.1) is 7.11 Å². The van der Waals surface area contributed by atoms with Gasteiger partial charge in [-0.05, 0) is 56.8 Å². The lowest BCUT2D eigenvalue weighted by atomic mass is 9.69. The van der Waals surface area contributed by atoms with Crippen LogP contribution in [0.25, 0.3) is 0 Å². The summed E-state index contributed by atoms with van der Waals surface area (Å²) in [5.41, 5.74) is 1.42. The number of ether oxygens (including phenoxy) is 1. The Morgan fingerprint density at radius 3 is 2.60 bits per heavy atom. The van der Waals surface area contributed by atoms with Crippen LogP contribution in [0.3, 0.4) is 0 Å². The molecule has 2 aliphatic rings. The van der Waals surface area contributed by atoms with E-state index in [0.29, 0.717) is 6.04 Å². The summed E-state index contributed by atoms with van der Waals surface area (Å²) in [6.07, 6.45) is 7.99. The Labute approximate surface area is 151 Å². The number of hydrogen-bond acceptors (Lipinski definition) is 3. The first kappa shape index (κ1) is 18.2. The van der Waals surface area contributed by atoms with Crippen LogP contribution >= 0.6 is 0 Å². The minimum Gasteiger partial charge on any atom is -0.497 e. The number of methoxy groups -OCH3 is 1. The fourth-order valence-electron chi connectivity index (χ4n) is 4.51. The minimum absolute atomic E-state index is 0.0821. The van der Waals surface area contributed by atoms with Gasteiger partial charge >= 0.3 is 0 Å². The molecule has 4 heteroatoms. The Morgan fingerprint density at radius 1 is 1.24 bits per heavy atom. The van der Waals surface area contributed by atoms with Gasteiger partial charge in [-0.2, -0.15) is 0 Å². The zero-order valence-corrected chi connectivity index (χ0v) is 15.6. The molecule has 0 bridgehead atoms. The minimum atomic E-state index is 0.0821. The molecular weight excluding hydrogens is 312 g/mol. The van der Waals surface area contributed by atoms with Crippen molar-refractivity contribution >= 4 is 5.91 Å². The summed E-state index contributed by atoms with van der Waals surface area (Å²) in [5, 5.41) is 6.74. The van der Waals surface area contributed by atoms with E-state index in [9.17, 15) is 4.79 Å². The number of piperidine rings is 1. The molecule has 0 unspecified atom stereocenters. The van der Waals surface area contributed by atoms with E-state index in [-0.39, 0.29) is 17.2 Å². The molecule has 4 nitrogen and oxygen atoms in total. The van der Waals surface area contributed by atoms with E-state index in [1.54, 1.807) is 7.11 Å². The van der Waals surface area contributed by atoms with Crippen molar-refractivity contribution in [3.8, 4) is 5.75 Å². The summed E-state index contributed by atoms with van der Waals surface area (Å²) in [4.78, 5) is 12.7. The number of rotatable bonds is 5. The molecular formula is C21H32N2O2. The molecule has 0 radical (unpaired) electrons. The van der Waals surface area contributed by atoms with Crippen LogP contribution in [0, 0.1) is 5.92 Å². The van der Waals surface area contributed by atoms with E-state index in [0.717, 1.165) is 44.5 Å². The van der Waals surface area contributed by atoms with E-state index < -0.39 is 0 Å². The summed E-state index contributed by atoms with van der Waals surface area (Å²) < 4.78 is 5.30. The molecule has 1 amide bonds. The van der Waals surface area contributed by atoms with Gasteiger partial charge in [0.1, 0.15) is 5.75 Å². The van der Waals surface area contributed by atoms with E-state index in [4.69, 9.17) is 4.74 Å². The van der Waals surface area contributed by atoms with Gasteiger partial charge in [0.15, 0.2) is 0 Å².